The van der Waals surface area contributed by atoms with Crippen molar-refractivity contribution < 1.29 is 8.42 Å². The van der Waals surface area contributed by atoms with Crippen molar-refractivity contribution in [3.63, 3.8) is 0 Å². The summed E-state index contributed by atoms with van der Waals surface area (Å²) in [5, 5.41) is 1.24. The molecule has 0 heterocycles. The van der Waals surface area contributed by atoms with Crippen molar-refractivity contribution in [1.29, 1.82) is 0 Å². The topological polar surface area (TPSA) is 37.4 Å². The first kappa shape index (κ1) is 19.2. The first-order valence-electron chi connectivity index (χ1n) is 6.91. The Kier molecular flexibility index (Phi) is 6.91. The van der Waals surface area contributed by atoms with E-state index < -0.39 is 10.0 Å². The highest BCUT2D eigenvalue weighted by atomic mass is 127. The molecule has 0 radical (unpaired) electrons. The van der Waals surface area contributed by atoms with E-state index in [0.29, 0.717) is 28.3 Å². The molecule has 0 amide bonds. The highest BCUT2D eigenvalue weighted by Gasteiger charge is 2.24. The maximum atomic E-state index is 12.9. The molecule has 2 aromatic rings. The zero-order valence-electron chi connectivity index (χ0n) is 12.5. The predicted molar refractivity (Wildman–Crippen MR) is 107 cm³/mol. The summed E-state index contributed by atoms with van der Waals surface area (Å²) in [6.45, 7) is 2.65. The van der Waals surface area contributed by atoms with Crippen molar-refractivity contribution in [2.75, 3.05) is 11.9 Å². The van der Waals surface area contributed by atoms with Crippen molar-refractivity contribution in [3.05, 3.63) is 62.2 Å². The molecular formula is C16H16BrClINO2S. The largest absolute Gasteiger partial charge is 0.243 e. The van der Waals surface area contributed by atoms with Crippen LogP contribution in [0.15, 0.2) is 47.4 Å². The lowest BCUT2D eigenvalue weighted by atomic mass is 10.2. The van der Waals surface area contributed by atoms with E-state index in [-0.39, 0.29) is 0 Å². The van der Waals surface area contributed by atoms with Gasteiger partial charge in [-0.1, -0.05) is 51.3 Å². The molecule has 3 nitrogen and oxygen atoms in total. The Morgan fingerprint density at radius 2 is 1.83 bits per heavy atom. The molecule has 7 heteroatoms. The van der Waals surface area contributed by atoms with Crippen LogP contribution in [-0.2, 0) is 16.6 Å². The molecule has 0 atom stereocenters. The summed E-state index contributed by atoms with van der Waals surface area (Å²) in [6, 6.07) is 12.5. The molecule has 0 aliphatic heterocycles. The SMILES string of the molecule is Cc1ccc(S(=O)(=O)N(CCBr)Cc2ccc(Cl)c(I)c2)cc1. The van der Waals surface area contributed by atoms with Crippen LogP contribution >= 0.6 is 50.1 Å². The summed E-state index contributed by atoms with van der Waals surface area (Å²) >= 11 is 11.5. The maximum Gasteiger partial charge on any atom is 0.243 e. The Morgan fingerprint density at radius 1 is 1.17 bits per heavy atom. The van der Waals surface area contributed by atoms with E-state index >= 15 is 0 Å². The monoisotopic (exact) mass is 527 g/mol. The molecule has 2 aromatic carbocycles. The molecule has 0 bridgehead atoms. The number of benzene rings is 2. The van der Waals surface area contributed by atoms with E-state index in [2.05, 4.69) is 38.5 Å². The van der Waals surface area contributed by atoms with Gasteiger partial charge in [0.25, 0.3) is 0 Å². The third-order valence-electron chi connectivity index (χ3n) is 3.34. The predicted octanol–water partition coefficient (Wildman–Crippen LogP) is 4.84. The molecule has 2 rings (SSSR count). The lowest BCUT2D eigenvalue weighted by molar-refractivity contribution is 0.426. The third-order valence-corrected chi connectivity index (χ3v) is 7.09. The third kappa shape index (κ3) is 4.92. The molecular weight excluding hydrogens is 513 g/mol. The van der Waals surface area contributed by atoms with Crippen molar-refractivity contribution in [2.24, 2.45) is 0 Å². The number of nitrogens with zero attached hydrogens (tertiary/aromatic N) is 1. The van der Waals surface area contributed by atoms with E-state index in [1.165, 1.54) is 4.31 Å². The number of hydrogen-bond donors (Lipinski definition) is 0. The quantitative estimate of drug-likeness (QED) is 0.398. The molecule has 0 saturated heterocycles. The average Bonchev–Trinajstić information content (AvgIpc) is 2.51. The smallest absolute Gasteiger partial charge is 0.207 e. The minimum absolute atomic E-state index is 0.313. The lowest BCUT2D eigenvalue weighted by Crippen LogP contribution is -2.32. The number of hydrogen-bond acceptors (Lipinski definition) is 2. The van der Waals surface area contributed by atoms with Gasteiger partial charge in [-0.2, -0.15) is 4.31 Å². The van der Waals surface area contributed by atoms with Crippen molar-refractivity contribution in [2.45, 2.75) is 18.4 Å². The van der Waals surface area contributed by atoms with Gasteiger partial charge >= 0.3 is 0 Å². The van der Waals surface area contributed by atoms with Crippen molar-refractivity contribution >= 4 is 60.1 Å². The average molecular weight is 529 g/mol. The second-order valence-electron chi connectivity index (χ2n) is 5.09. The summed E-state index contributed by atoms with van der Waals surface area (Å²) in [7, 11) is -3.53. The molecule has 0 unspecified atom stereocenters. The van der Waals surface area contributed by atoms with Gasteiger partial charge in [0, 0.05) is 22.0 Å². The standard InChI is InChI=1S/C16H16BrClINO2S/c1-12-2-5-14(6-3-12)23(21,22)20(9-8-17)11-13-4-7-15(18)16(19)10-13/h2-7,10H,8-9,11H2,1H3. The molecule has 0 saturated carbocycles. The summed E-state index contributed by atoms with van der Waals surface area (Å²) < 4.78 is 28.1. The Bertz CT molecular complexity index is 781. The number of alkyl halides is 1. The molecule has 0 fully saturated rings. The summed E-state index contributed by atoms with van der Waals surface area (Å²) in [5.41, 5.74) is 1.94. The number of aryl methyl sites for hydroxylation is 1. The molecule has 0 aliphatic rings. The molecule has 23 heavy (non-hydrogen) atoms. The second-order valence-corrected chi connectivity index (χ2v) is 9.39. The van der Waals surface area contributed by atoms with Crippen molar-refractivity contribution in [1.82, 2.24) is 4.31 Å². The van der Waals surface area contributed by atoms with Crippen LogP contribution in [0.25, 0.3) is 0 Å². The summed E-state index contributed by atoms with van der Waals surface area (Å²) in [5.74, 6) is 0. The van der Waals surface area contributed by atoms with Gasteiger partial charge in [-0.25, -0.2) is 8.42 Å². The van der Waals surface area contributed by atoms with Crippen LogP contribution in [0, 0.1) is 10.5 Å². The zero-order valence-corrected chi connectivity index (χ0v) is 17.8. The van der Waals surface area contributed by atoms with Crippen LogP contribution < -0.4 is 0 Å². The van der Waals surface area contributed by atoms with Crippen LogP contribution in [0.5, 0.6) is 0 Å². The highest BCUT2D eigenvalue weighted by Crippen LogP contribution is 2.23. The van der Waals surface area contributed by atoms with Crippen molar-refractivity contribution in [3.8, 4) is 0 Å². The van der Waals surface area contributed by atoms with Gasteiger partial charge in [-0.15, -0.1) is 0 Å². The number of sulfonamides is 1. The first-order chi connectivity index (χ1) is 10.8. The molecule has 0 N–H and O–H groups in total. The van der Waals surface area contributed by atoms with Crippen LogP contribution in [-0.4, -0.2) is 24.6 Å². The molecule has 0 aromatic heterocycles. The van der Waals surface area contributed by atoms with E-state index in [9.17, 15) is 8.42 Å². The normalized spacial score (nSPS) is 11.9. The lowest BCUT2D eigenvalue weighted by Gasteiger charge is -2.22. The highest BCUT2D eigenvalue weighted by molar-refractivity contribution is 14.1. The van der Waals surface area contributed by atoms with E-state index in [0.717, 1.165) is 14.7 Å². The fraction of sp³-hybridized carbons (Fsp3) is 0.250. The Labute approximate surface area is 164 Å². The molecule has 0 aliphatic carbocycles. The van der Waals surface area contributed by atoms with Crippen LogP contribution in [0.3, 0.4) is 0 Å². The van der Waals surface area contributed by atoms with E-state index in [4.69, 9.17) is 11.6 Å². The minimum Gasteiger partial charge on any atom is -0.207 e. The van der Waals surface area contributed by atoms with Crippen LogP contribution in [0.4, 0.5) is 0 Å². The fourth-order valence-corrected chi connectivity index (χ4v) is 4.87. The second kappa shape index (κ2) is 8.29. The maximum absolute atomic E-state index is 12.9. The Morgan fingerprint density at radius 3 is 2.39 bits per heavy atom. The zero-order chi connectivity index (χ0) is 17.0. The van der Waals surface area contributed by atoms with E-state index in [1.807, 2.05) is 31.2 Å². The van der Waals surface area contributed by atoms with Gasteiger partial charge in [0.1, 0.15) is 0 Å². The van der Waals surface area contributed by atoms with Gasteiger partial charge in [-0.3, -0.25) is 0 Å². The van der Waals surface area contributed by atoms with Gasteiger partial charge in [0.2, 0.25) is 10.0 Å². The summed E-state index contributed by atoms with van der Waals surface area (Å²) in [6.07, 6.45) is 0. The molecule has 124 valence electrons. The Hall–Kier alpha value is -0.150. The fourth-order valence-electron chi connectivity index (χ4n) is 2.08. The molecule has 0 spiro atoms. The van der Waals surface area contributed by atoms with Gasteiger partial charge in [0.15, 0.2) is 0 Å². The van der Waals surface area contributed by atoms with E-state index in [1.54, 1.807) is 18.2 Å². The number of rotatable bonds is 6. The van der Waals surface area contributed by atoms with Gasteiger partial charge in [-0.05, 0) is 59.3 Å². The van der Waals surface area contributed by atoms with Gasteiger partial charge < -0.3 is 0 Å². The van der Waals surface area contributed by atoms with Gasteiger partial charge in [0.05, 0.1) is 9.92 Å². The first-order valence-corrected chi connectivity index (χ1v) is 10.9. The number of halogens is 3. The van der Waals surface area contributed by atoms with Crippen LogP contribution in [0.2, 0.25) is 5.02 Å². The summed E-state index contributed by atoms with van der Waals surface area (Å²) in [4.78, 5) is 0.313. The Balaban J connectivity index is 2.32. The van der Waals surface area contributed by atoms with Crippen LogP contribution in [0.1, 0.15) is 11.1 Å². The minimum atomic E-state index is -3.53.